The van der Waals surface area contributed by atoms with Crippen LogP contribution in [0.1, 0.15) is 19.8 Å². The molecule has 0 radical (unpaired) electrons. The molecule has 130 valence electrons. The van der Waals surface area contributed by atoms with Crippen LogP contribution in [0.5, 0.6) is 0 Å². The molecule has 1 atom stereocenters. The minimum absolute atomic E-state index is 0.0488. The molecular weight excluding hydrogens is 314 g/mol. The third-order valence-electron chi connectivity index (χ3n) is 4.78. The van der Waals surface area contributed by atoms with Crippen molar-refractivity contribution in [3.8, 4) is 0 Å². The fourth-order valence-electron chi connectivity index (χ4n) is 3.34. The number of piperidine rings is 1. The lowest BCUT2D eigenvalue weighted by atomic mass is 9.92. The van der Waals surface area contributed by atoms with Crippen LogP contribution in [-0.2, 0) is 4.74 Å². The van der Waals surface area contributed by atoms with Crippen molar-refractivity contribution in [1.82, 2.24) is 0 Å². The molecule has 1 amide bonds. The van der Waals surface area contributed by atoms with Gasteiger partial charge in [-0.25, -0.2) is 4.79 Å². The molecule has 0 aliphatic carbocycles. The summed E-state index contributed by atoms with van der Waals surface area (Å²) in [5.41, 5.74) is 1.26. The van der Waals surface area contributed by atoms with Crippen LogP contribution in [0, 0.1) is 16.0 Å². The van der Waals surface area contributed by atoms with Crippen molar-refractivity contribution in [2.75, 3.05) is 36.0 Å². The number of non-ortho nitro benzene ring substituents is 1. The number of ether oxygens (including phenoxy) is 1. The second-order valence-electron chi connectivity index (χ2n) is 6.26. The van der Waals surface area contributed by atoms with Crippen LogP contribution in [0.25, 0.3) is 0 Å². The van der Waals surface area contributed by atoms with Crippen LogP contribution in [0.3, 0.4) is 0 Å². The molecule has 0 bridgehead atoms. The average Bonchev–Trinajstić information content (AvgIpc) is 3.00. The van der Waals surface area contributed by atoms with Crippen LogP contribution < -0.4 is 9.80 Å². The van der Waals surface area contributed by atoms with E-state index < -0.39 is 11.0 Å². The van der Waals surface area contributed by atoms with Gasteiger partial charge >= 0.3 is 6.09 Å². The number of aliphatic hydroxyl groups is 1. The number of carbonyl (C=O) groups is 1. The first kappa shape index (κ1) is 16.5. The van der Waals surface area contributed by atoms with E-state index in [4.69, 9.17) is 4.74 Å². The molecule has 24 heavy (non-hydrogen) atoms. The molecule has 1 N–H and O–H groups in total. The van der Waals surface area contributed by atoms with Crippen molar-refractivity contribution in [2.24, 2.45) is 5.92 Å². The summed E-state index contributed by atoms with van der Waals surface area (Å²) in [5, 5.41) is 20.8. The lowest BCUT2D eigenvalue weighted by Gasteiger charge is -2.36. The monoisotopic (exact) mass is 335 g/mol. The van der Waals surface area contributed by atoms with E-state index >= 15 is 0 Å². The van der Waals surface area contributed by atoms with Gasteiger partial charge in [-0.15, -0.1) is 0 Å². The van der Waals surface area contributed by atoms with Gasteiger partial charge in [0, 0.05) is 25.2 Å². The Balaban J connectivity index is 1.89. The highest BCUT2D eigenvalue weighted by Crippen LogP contribution is 2.37. The van der Waals surface area contributed by atoms with E-state index in [1.54, 1.807) is 13.0 Å². The Kier molecular flexibility index (Phi) is 4.57. The van der Waals surface area contributed by atoms with Crippen molar-refractivity contribution in [3.05, 3.63) is 28.3 Å². The number of hydrogen-bond acceptors (Lipinski definition) is 6. The van der Waals surface area contributed by atoms with E-state index in [1.807, 2.05) is 0 Å². The van der Waals surface area contributed by atoms with Crippen molar-refractivity contribution in [3.63, 3.8) is 0 Å². The van der Waals surface area contributed by atoms with Gasteiger partial charge in [-0.05, 0) is 31.7 Å². The predicted molar refractivity (Wildman–Crippen MR) is 88.4 cm³/mol. The lowest BCUT2D eigenvalue weighted by Crippen LogP contribution is -2.38. The molecule has 0 saturated carbocycles. The standard InChI is InChI=1S/C16H21N3O5/c1-11(20)12-4-6-17(7-5-12)14-3-2-13(19(22)23)10-15(14)18-8-9-24-16(18)21/h2-3,10-12,20H,4-9H2,1H3. The molecule has 1 aromatic rings. The first-order valence-corrected chi connectivity index (χ1v) is 8.13. The normalized spacial score (nSPS) is 20.2. The first-order valence-electron chi connectivity index (χ1n) is 8.13. The number of benzene rings is 1. The Morgan fingerprint density at radius 1 is 1.29 bits per heavy atom. The summed E-state index contributed by atoms with van der Waals surface area (Å²) in [4.78, 5) is 26.1. The zero-order chi connectivity index (χ0) is 17.3. The molecule has 8 heteroatoms. The van der Waals surface area contributed by atoms with Gasteiger partial charge in [0.05, 0.1) is 28.9 Å². The Labute approximate surface area is 139 Å². The summed E-state index contributed by atoms with van der Waals surface area (Å²) in [6.45, 7) is 3.95. The van der Waals surface area contributed by atoms with Crippen molar-refractivity contribution >= 4 is 23.2 Å². The highest BCUT2D eigenvalue weighted by atomic mass is 16.6. The maximum atomic E-state index is 11.9. The van der Waals surface area contributed by atoms with Gasteiger partial charge in [-0.2, -0.15) is 0 Å². The number of amides is 1. The molecule has 0 aromatic heterocycles. The van der Waals surface area contributed by atoms with E-state index in [2.05, 4.69) is 4.90 Å². The Morgan fingerprint density at radius 3 is 2.54 bits per heavy atom. The number of nitrogens with zero attached hydrogens (tertiary/aromatic N) is 3. The van der Waals surface area contributed by atoms with Crippen molar-refractivity contribution in [2.45, 2.75) is 25.9 Å². The molecule has 2 saturated heterocycles. The second-order valence-corrected chi connectivity index (χ2v) is 6.26. The Bertz CT molecular complexity index is 641. The zero-order valence-electron chi connectivity index (χ0n) is 13.6. The molecular formula is C16H21N3O5. The molecule has 2 fully saturated rings. The first-order chi connectivity index (χ1) is 11.5. The maximum Gasteiger partial charge on any atom is 0.414 e. The molecule has 2 aliphatic heterocycles. The Hall–Kier alpha value is -2.35. The summed E-state index contributed by atoms with van der Waals surface area (Å²) >= 11 is 0. The summed E-state index contributed by atoms with van der Waals surface area (Å²) in [6, 6.07) is 4.59. The lowest BCUT2D eigenvalue weighted by molar-refractivity contribution is -0.384. The number of hydrogen-bond donors (Lipinski definition) is 1. The summed E-state index contributed by atoms with van der Waals surface area (Å²) in [6.07, 6.45) is 0.879. The Morgan fingerprint density at radius 2 is 2.00 bits per heavy atom. The van der Waals surface area contributed by atoms with E-state index in [0.717, 1.165) is 31.6 Å². The highest BCUT2D eigenvalue weighted by molar-refractivity contribution is 5.94. The number of cyclic esters (lactones) is 1. The summed E-state index contributed by atoms with van der Waals surface area (Å²) < 4.78 is 4.98. The fraction of sp³-hybridized carbons (Fsp3) is 0.562. The van der Waals surface area contributed by atoms with Gasteiger partial charge < -0.3 is 14.7 Å². The topological polar surface area (TPSA) is 96.2 Å². The molecule has 0 spiro atoms. The minimum atomic E-state index is -0.476. The number of rotatable bonds is 4. The molecule has 3 rings (SSSR count). The second kappa shape index (κ2) is 6.64. The van der Waals surface area contributed by atoms with Crippen LogP contribution in [0.15, 0.2) is 18.2 Å². The third-order valence-corrected chi connectivity index (χ3v) is 4.78. The number of carbonyl (C=O) groups excluding carboxylic acids is 1. The SMILES string of the molecule is CC(O)C1CCN(c2ccc([N+](=O)[O-])cc2N2CCOC2=O)CC1. The fourth-order valence-corrected chi connectivity index (χ4v) is 3.34. The quantitative estimate of drug-likeness (QED) is 0.669. The predicted octanol–water partition coefficient (Wildman–Crippen LogP) is 2.15. The molecule has 2 heterocycles. The maximum absolute atomic E-state index is 11.9. The minimum Gasteiger partial charge on any atom is -0.447 e. The smallest absolute Gasteiger partial charge is 0.414 e. The molecule has 8 nitrogen and oxygen atoms in total. The van der Waals surface area contributed by atoms with Gasteiger partial charge in [0.1, 0.15) is 6.61 Å². The van der Waals surface area contributed by atoms with Crippen molar-refractivity contribution < 1.29 is 19.6 Å². The van der Waals surface area contributed by atoms with Gasteiger partial charge in [0.2, 0.25) is 0 Å². The molecule has 2 aliphatic rings. The number of aliphatic hydroxyl groups excluding tert-OH is 1. The van der Waals surface area contributed by atoms with Gasteiger partial charge in [-0.1, -0.05) is 0 Å². The number of nitro benzene ring substituents is 1. The van der Waals surface area contributed by atoms with Crippen molar-refractivity contribution in [1.29, 1.82) is 0 Å². The van der Waals surface area contributed by atoms with E-state index in [1.165, 1.54) is 17.0 Å². The van der Waals surface area contributed by atoms with Crippen LogP contribution in [0.4, 0.5) is 21.9 Å². The number of nitro groups is 1. The van der Waals surface area contributed by atoms with E-state index in [9.17, 15) is 20.0 Å². The number of anilines is 2. The summed E-state index contributed by atoms with van der Waals surface area (Å²) in [7, 11) is 0. The van der Waals surface area contributed by atoms with Gasteiger partial charge in [0.25, 0.3) is 5.69 Å². The average molecular weight is 335 g/mol. The summed E-state index contributed by atoms with van der Waals surface area (Å²) in [5.74, 6) is 0.263. The molecule has 1 unspecified atom stereocenters. The van der Waals surface area contributed by atoms with Crippen LogP contribution >= 0.6 is 0 Å². The van der Waals surface area contributed by atoms with E-state index in [-0.39, 0.29) is 24.3 Å². The van der Waals surface area contributed by atoms with Crippen LogP contribution in [0.2, 0.25) is 0 Å². The highest BCUT2D eigenvalue weighted by Gasteiger charge is 2.31. The van der Waals surface area contributed by atoms with E-state index in [0.29, 0.717) is 12.2 Å². The molecule has 1 aromatic carbocycles. The van der Waals surface area contributed by atoms with Crippen LogP contribution in [-0.4, -0.2) is 48.5 Å². The van der Waals surface area contributed by atoms with Gasteiger partial charge in [0.15, 0.2) is 0 Å². The largest absolute Gasteiger partial charge is 0.447 e. The third kappa shape index (κ3) is 3.14. The van der Waals surface area contributed by atoms with Gasteiger partial charge in [-0.3, -0.25) is 15.0 Å². The zero-order valence-corrected chi connectivity index (χ0v) is 13.6.